The van der Waals surface area contributed by atoms with Crippen molar-refractivity contribution < 1.29 is 0 Å². The molecule has 0 aliphatic heterocycles. The van der Waals surface area contributed by atoms with Crippen molar-refractivity contribution in [3.05, 3.63) is 0 Å². The second-order valence-corrected chi connectivity index (χ2v) is 9.72. The molecule has 0 heteroatoms. The normalized spacial score (nSPS) is 27.9. The zero-order valence-corrected chi connectivity index (χ0v) is 18.3. The van der Waals surface area contributed by atoms with Gasteiger partial charge in [0, 0.05) is 0 Å². The van der Waals surface area contributed by atoms with Gasteiger partial charge in [0.15, 0.2) is 0 Å². The van der Waals surface area contributed by atoms with Crippen LogP contribution in [-0.2, 0) is 0 Å². The van der Waals surface area contributed by atoms with Crippen LogP contribution in [0.2, 0.25) is 0 Å². The van der Waals surface area contributed by atoms with Crippen LogP contribution < -0.4 is 0 Å². The van der Waals surface area contributed by atoms with Gasteiger partial charge in [-0.25, -0.2) is 0 Å². The van der Waals surface area contributed by atoms with Gasteiger partial charge in [0.25, 0.3) is 0 Å². The zero-order valence-electron chi connectivity index (χ0n) is 18.3. The molecule has 1 fully saturated rings. The van der Waals surface area contributed by atoms with Gasteiger partial charge in [0.1, 0.15) is 0 Å². The molecule has 0 radical (unpaired) electrons. The van der Waals surface area contributed by atoms with E-state index in [-0.39, 0.29) is 0 Å². The van der Waals surface area contributed by atoms with Crippen LogP contribution >= 0.6 is 0 Å². The van der Waals surface area contributed by atoms with E-state index in [1.165, 1.54) is 51.4 Å². The summed E-state index contributed by atoms with van der Waals surface area (Å²) >= 11 is 0. The molecule has 0 saturated heterocycles. The monoisotopic (exact) mass is 336 g/mol. The van der Waals surface area contributed by atoms with Crippen molar-refractivity contribution in [3.63, 3.8) is 0 Å². The highest BCUT2D eigenvalue weighted by atomic mass is 14.4. The van der Waals surface area contributed by atoms with Gasteiger partial charge in [-0.15, -0.1) is 0 Å². The Morgan fingerprint density at radius 2 is 1.42 bits per heavy atom. The predicted octanol–water partition coefficient (Wildman–Crippen LogP) is 8.21. The lowest BCUT2D eigenvalue weighted by Crippen LogP contribution is -2.31. The summed E-state index contributed by atoms with van der Waals surface area (Å²) in [6.07, 6.45) is 11.5. The molecule has 0 nitrogen and oxygen atoms in total. The Hall–Kier alpha value is 0. The summed E-state index contributed by atoms with van der Waals surface area (Å²) in [4.78, 5) is 0. The third kappa shape index (κ3) is 6.06. The molecule has 144 valence electrons. The number of rotatable bonds is 11. The van der Waals surface area contributed by atoms with Gasteiger partial charge in [-0.1, -0.05) is 81.1 Å². The molecule has 0 aromatic carbocycles. The van der Waals surface area contributed by atoms with E-state index in [4.69, 9.17) is 0 Å². The highest BCUT2D eigenvalue weighted by Crippen LogP contribution is 2.48. The first-order valence-electron chi connectivity index (χ1n) is 11.3. The van der Waals surface area contributed by atoms with E-state index in [9.17, 15) is 0 Å². The molecule has 0 spiro atoms. The maximum Gasteiger partial charge on any atom is -0.0332 e. The first-order chi connectivity index (χ1) is 11.3. The van der Waals surface area contributed by atoms with E-state index in [2.05, 4.69) is 55.4 Å². The Balaban J connectivity index is 2.81. The van der Waals surface area contributed by atoms with Gasteiger partial charge < -0.3 is 0 Å². The van der Waals surface area contributed by atoms with Crippen LogP contribution in [0.1, 0.15) is 107 Å². The molecule has 24 heavy (non-hydrogen) atoms. The first kappa shape index (κ1) is 22.0. The predicted molar refractivity (Wildman–Crippen MR) is 110 cm³/mol. The third-order valence-corrected chi connectivity index (χ3v) is 7.57. The summed E-state index contributed by atoms with van der Waals surface area (Å²) in [7, 11) is 0. The van der Waals surface area contributed by atoms with E-state index < -0.39 is 0 Å². The molecule has 1 aliphatic rings. The Bertz CT molecular complexity index is 318. The Morgan fingerprint density at radius 3 is 1.92 bits per heavy atom. The quantitative estimate of drug-likeness (QED) is 0.356. The van der Waals surface area contributed by atoms with Crippen LogP contribution in [0.5, 0.6) is 0 Å². The second kappa shape index (κ2) is 10.9. The Kier molecular flexibility index (Phi) is 9.98. The highest BCUT2D eigenvalue weighted by Gasteiger charge is 2.39. The van der Waals surface area contributed by atoms with E-state index in [1.54, 1.807) is 0 Å². The summed E-state index contributed by atoms with van der Waals surface area (Å²) < 4.78 is 0. The lowest BCUT2D eigenvalue weighted by molar-refractivity contribution is 0.112. The number of hydrogen-bond acceptors (Lipinski definition) is 0. The summed E-state index contributed by atoms with van der Waals surface area (Å²) in [6.45, 7) is 19.6. The SMILES string of the molecule is CCCC(C)C(C1CCC(C(CC)CC(C)C)C1)C(C)C(C)CC. The maximum atomic E-state index is 2.57. The minimum atomic E-state index is 0.864. The maximum absolute atomic E-state index is 2.57. The van der Waals surface area contributed by atoms with Crippen LogP contribution in [0.3, 0.4) is 0 Å². The van der Waals surface area contributed by atoms with Crippen LogP contribution in [-0.4, -0.2) is 0 Å². The zero-order chi connectivity index (χ0) is 18.3. The molecule has 0 N–H and O–H groups in total. The molecule has 1 saturated carbocycles. The fraction of sp³-hybridized carbons (Fsp3) is 1.00. The fourth-order valence-corrected chi connectivity index (χ4v) is 5.94. The average molecular weight is 337 g/mol. The van der Waals surface area contributed by atoms with Crippen molar-refractivity contribution >= 4 is 0 Å². The molecule has 0 amide bonds. The van der Waals surface area contributed by atoms with E-state index in [1.807, 2.05) is 0 Å². The molecule has 0 heterocycles. The van der Waals surface area contributed by atoms with Gasteiger partial charge in [0.2, 0.25) is 0 Å². The van der Waals surface area contributed by atoms with E-state index in [0.717, 1.165) is 47.3 Å². The molecule has 1 rings (SSSR count). The Labute approximate surface area is 154 Å². The minimum absolute atomic E-state index is 0.864. The molecule has 0 aromatic rings. The van der Waals surface area contributed by atoms with E-state index in [0.29, 0.717) is 0 Å². The van der Waals surface area contributed by atoms with Gasteiger partial charge in [-0.2, -0.15) is 0 Å². The molecule has 7 unspecified atom stereocenters. The molecule has 0 bridgehead atoms. The third-order valence-electron chi connectivity index (χ3n) is 7.57. The summed E-state index contributed by atoms with van der Waals surface area (Å²) in [5, 5.41) is 0. The van der Waals surface area contributed by atoms with Crippen molar-refractivity contribution in [2.75, 3.05) is 0 Å². The van der Waals surface area contributed by atoms with Gasteiger partial charge in [-0.3, -0.25) is 0 Å². The van der Waals surface area contributed by atoms with Gasteiger partial charge in [-0.05, 0) is 73.0 Å². The highest BCUT2D eigenvalue weighted by molar-refractivity contribution is 4.89. The van der Waals surface area contributed by atoms with Crippen LogP contribution in [0.25, 0.3) is 0 Å². The van der Waals surface area contributed by atoms with E-state index >= 15 is 0 Å². The average Bonchev–Trinajstić information content (AvgIpc) is 3.01. The van der Waals surface area contributed by atoms with Crippen LogP contribution in [0.15, 0.2) is 0 Å². The smallest absolute Gasteiger partial charge is 0.0332 e. The summed E-state index contributed by atoms with van der Waals surface area (Å²) in [6, 6.07) is 0. The number of hydrogen-bond donors (Lipinski definition) is 0. The lowest BCUT2D eigenvalue weighted by atomic mass is 9.67. The molecule has 0 aromatic heterocycles. The first-order valence-corrected chi connectivity index (χ1v) is 11.3. The molecule has 1 aliphatic carbocycles. The van der Waals surface area contributed by atoms with Crippen molar-refractivity contribution in [2.24, 2.45) is 47.3 Å². The van der Waals surface area contributed by atoms with Crippen molar-refractivity contribution in [1.82, 2.24) is 0 Å². The molecular weight excluding hydrogens is 288 g/mol. The minimum Gasteiger partial charge on any atom is -0.0654 e. The summed E-state index contributed by atoms with van der Waals surface area (Å²) in [5.74, 6) is 7.51. The van der Waals surface area contributed by atoms with Crippen LogP contribution in [0.4, 0.5) is 0 Å². The topological polar surface area (TPSA) is 0 Å². The summed E-state index contributed by atoms with van der Waals surface area (Å²) in [5.41, 5.74) is 0. The fourth-order valence-electron chi connectivity index (χ4n) is 5.94. The van der Waals surface area contributed by atoms with Crippen molar-refractivity contribution in [2.45, 2.75) is 107 Å². The lowest BCUT2D eigenvalue weighted by Gasteiger charge is -2.38. The van der Waals surface area contributed by atoms with Crippen molar-refractivity contribution in [3.8, 4) is 0 Å². The molecular formula is C24H48. The standard InChI is InChI=1S/C24H48/c1-9-12-19(7)24(20(8)18(6)10-2)23-14-13-22(16-23)21(11-3)15-17(4)5/h17-24H,9-16H2,1-8H3. The van der Waals surface area contributed by atoms with Crippen molar-refractivity contribution in [1.29, 1.82) is 0 Å². The van der Waals surface area contributed by atoms with Gasteiger partial charge >= 0.3 is 0 Å². The Morgan fingerprint density at radius 1 is 0.792 bits per heavy atom. The van der Waals surface area contributed by atoms with Gasteiger partial charge in [0.05, 0.1) is 0 Å². The van der Waals surface area contributed by atoms with Crippen LogP contribution in [0, 0.1) is 47.3 Å². The largest absolute Gasteiger partial charge is 0.0654 e. The molecule has 7 atom stereocenters. The second-order valence-electron chi connectivity index (χ2n) is 9.72.